The van der Waals surface area contributed by atoms with E-state index in [1.54, 1.807) is 17.4 Å². The summed E-state index contributed by atoms with van der Waals surface area (Å²) in [7, 11) is 0. The lowest BCUT2D eigenvalue weighted by Gasteiger charge is -2.16. The van der Waals surface area contributed by atoms with Crippen LogP contribution in [0.1, 0.15) is 24.4 Å². The maximum atomic E-state index is 13.5. The maximum absolute atomic E-state index is 13.5. The van der Waals surface area contributed by atoms with Crippen molar-refractivity contribution in [3.05, 3.63) is 52.2 Å². The normalized spacial score (nSPS) is 13.0. The monoisotopic (exact) mass is 294 g/mol. The Morgan fingerprint density at radius 2 is 2.26 bits per heavy atom. The zero-order chi connectivity index (χ0) is 13.4. The molecule has 2 nitrogen and oxygen atoms in total. The van der Waals surface area contributed by atoms with Crippen molar-refractivity contribution in [2.24, 2.45) is 0 Å². The SMILES string of the molecule is CC(c1ccsc1)n1c(CCl)nc2ccc(F)cc21. The molecule has 0 saturated heterocycles. The highest BCUT2D eigenvalue weighted by molar-refractivity contribution is 7.07. The zero-order valence-electron chi connectivity index (χ0n) is 10.3. The minimum absolute atomic E-state index is 0.0896. The Balaban J connectivity index is 2.23. The molecule has 0 aliphatic carbocycles. The molecule has 5 heteroatoms. The van der Waals surface area contributed by atoms with E-state index in [0.717, 1.165) is 16.9 Å². The van der Waals surface area contributed by atoms with Gasteiger partial charge in [-0.25, -0.2) is 9.37 Å². The lowest BCUT2D eigenvalue weighted by molar-refractivity contribution is 0.618. The number of nitrogens with zero attached hydrogens (tertiary/aromatic N) is 2. The Kier molecular flexibility index (Phi) is 3.29. The number of thiophene rings is 1. The third kappa shape index (κ3) is 2.15. The number of hydrogen-bond donors (Lipinski definition) is 0. The van der Waals surface area contributed by atoms with Gasteiger partial charge in [0.2, 0.25) is 0 Å². The Hall–Kier alpha value is -1.39. The van der Waals surface area contributed by atoms with Crippen LogP contribution in [0.25, 0.3) is 11.0 Å². The van der Waals surface area contributed by atoms with E-state index in [2.05, 4.69) is 23.4 Å². The van der Waals surface area contributed by atoms with Crippen LogP contribution in [0.15, 0.2) is 35.0 Å². The lowest BCUT2D eigenvalue weighted by Crippen LogP contribution is -2.09. The molecule has 3 aromatic rings. The molecular formula is C14H12ClFN2S. The number of fused-ring (bicyclic) bond motifs is 1. The first-order valence-corrected chi connectivity index (χ1v) is 7.43. The van der Waals surface area contributed by atoms with Crippen LogP contribution in [-0.2, 0) is 5.88 Å². The molecule has 0 aliphatic rings. The second kappa shape index (κ2) is 4.94. The molecule has 19 heavy (non-hydrogen) atoms. The summed E-state index contributed by atoms with van der Waals surface area (Å²) >= 11 is 7.62. The van der Waals surface area contributed by atoms with Gasteiger partial charge < -0.3 is 4.57 Å². The molecule has 0 amide bonds. The summed E-state index contributed by atoms with van der Waals surface area (Å²) < 4.78 is 15.5. The Morgan fingerprint density at radius 1 is 1.42 bits per heavy atom. The Bertz CT molecular complexity index is 706. The van der Waals surface area contributed by atoms with Crippen molar-refractivity contribution in [3.8, 4) is 0 Å². The molecule has 3 rings (SSSR count). The average molecular weight is 295 g/mol. The molecule has 0 N–H and O–H groups in total. The molecule has 98 valence electrons. The molecule has 0 saturated carbocycles. The fourth-order valence-electron chi connectivity index (χ4n) is 2.30. The van der Waals surface area contributed by atoms with Gasteiger partial charge in [-0.3, -0.25) is 0 Å². The molecule has 0 bridgehead atoms. The second-order valence-electron chi connectivity index (χ2n) is 4.40. The smallest absolute Gasteiger partial charge is 0.125 e. The lowest BCUT2D eigenvalue weighted by atomic mass is 10.1. The van der Waals surface area contributed by atoms with Gasteiger partial charge in [-0.15, -0.1) is 11.6 Å². The van der Waals surface area contributed by atoms with E-state index in [-0.39, 0.29) is 11.9 Å². The number of rotatable bonds is 3. The van der Waals surface area contributed by atoms with Crippen LogP contribution in [0.5, 0.6) is 0 Å². The van der Waals surface area contributed by atoms with E-state index in [4.69, 9.17) is 11.6 Å². The summed E-state index contributed by atoms with van der Waals surface area (Å²) in [4.78, 5) is 4.47. The van der Waals surface area contributed by atoms with Crippen molar-refractivity contribution >= 4 is 34.0 Å². The third-order valence-corrected chi connectivity index (χ3v) is 4.20. The van der Waals surface area contributed by atoms with Gasteiger partial charge in [0.1, 0.15) is 11.6 Å². The van der Waals surface area contributed by atoms with Crippen LogP contribution in [0.2, 0.25) is 0 Å². The second-order valence-corrected chi connectivity index (χ2v) is 5.44. The van der Waals surface area contributed by atoms with Crippen molar-refractivity contribution in [1.82, 2.24) is 9.55 Å². The van der Waals surface area contributed by atoms with Gasteiger partial charge in [0.15, 0.2) is 0 Å². The number of halogens is 2. The molecular weight excluding hydrogens is 283 g/mol. The van der Waals surface area contributed by atoms with Gasteiger partial charge in [-0.05, 0) is 47.5 Å². The minimum atomic E-state index is -0.257. The number of alkyl halides is 1. The van der Waals surface area contributed by atoms with Gasteiger partial charge in [-0.2, -0.15) is 11.3 Å². The first-order valence-electron chi connectivity index (χ1n) is 5.95. The Labute approximate surface area is 119 Å². The Morgan fingerprint density at radius 3 is 2.95 bits per heavy atom. The van der Waals surface area contributed by atoms with Crippen LogP contribution >= 0.6 is 22.9 Å². The molecule has 2 heterocycles. The molecule has 0 fully saturated rings. The zero-order valence-corrected chi connectivity index (χ0v) is 11.9. The van der Waals surface area contributed by atoms with Crippen LogP contribution in [0.3, 0.4) is 0 Å². The fraction of sp³-hybridized carbons (Fsp3) is 0.214. The predicted octanol–water partition coefficient (Wildman–Crippen LogP) is 4.59. The predicted molar refractivity (Wildman–Crippen MR) is 77.4 cm³/mol. The highest BCUT2D eigenvalue weighted by Crippen LogP contribution is 2.28. The summed E-state index contributed by atoms with van der Waals surface area (Å²) in [5.41, 5.74) is 2.74. The molecule has 1 unspecified atom stereocenters. The largest absolute Gasteiger partial charge is 0.320 e. The summed E-state index contributed by atoms with van der Waals surface area (Å²) in [6.07, 6.45) is 0. The molecule has 0 aliphatic heterocycles. The average Bonchev–Trinajstić information content (AvgIpc) is 3.04. The summed E-state index contributed by atoms with van der Waals surface area (Å²) in [6.45, 7) is 2.07. The maximum Gasteiger partial charge on any atom is 0.125 e. The van der Waals surface area contributed by atoms with Crippen molar-refractivity contribution in [1.29, 1.82) is 0 Å². The van der Waals surface area contributed by atoms with Gasteiger partial charge >= 0.3 is 0 Å². The summed E-state index contributed by atoms with van der Waals surface area (Å²) in [5, 5.41) is 4.12. The first-order chi connectivity index (χ1) is 9.20. The third-order valence-electron chi connectivity index (χ3n) is 3.26. The van der Waals surface area contributed by atoms with E-state index in [0.29, 0.717) is 5.88 Å². The quantitative estimate of drug-likeness (QED) is 0.646. The number of aromatic nitrogens is 2. The van der Waals surface area contributed by atoms with Gasteiger partial charge in [0.25, 0.3) is 0 Å². The van der Waals surface area contributed by atoms with Gasteiger partial charge in [0, 0.05) is 0 Å². The molecule has 1 aromatic carbocycles. The van der Waals surface area contributed by atoms with Crippen molar-refractivity contribution < 1.29 is 4.39 Å². The van der Waals surface area contributed by atoms with Crippen LogP contribution < -0.4 is 0 Å². The topological polar surface area (TPSA) is 17.8 Å². The molecule has 1 atom stereocenters. The van der Waals surface area contributed by atoms with E-state index < -0.39 is 0 Å². The molecule has 0 radical (unpaired) electrons. The summed E-state index contributed by atoms with van der Waals surface area (Å²) in [5.74, 6) is 0.818. The van der Waals surface area contributed by atoms with Gasteiger partial charge in [0.05, 0.1) is 23.0 Å². The van der Waals surface area contributed by atoms with Crippen LogP contribution in [-0.4, -0.2) is 9.55 Å². The van der Waals surface area contributed by atoms with E-state index >= 15 is 0 Å². The minimum Gasteiger partial charge on any atom is -0.320 e. The highest BCUT2D eigenvalue weighted by Gasteiger charge is 2.17. The van der Waals surface area contributed by atoms with Gasteiger partial charge in [-0.1, -0.05) is 0 Å². The number of hydrogen-bond acceptors (Lipinski definition) is 2. The highest BCUT2D eigenvalue weighted by atomic mass is 35.5. The molecule has 0 spiro atoms. The number of imidazole rings is 1. The van der Waals surface area contributed by atoms with E-state index in [1.165, 1.54) is 17.7 Å². The van der Waals surface area contributed by atoms with E-state index in [1.807, 2.05) is 9.95 Å². The van der Waals surface area contributed by atoms with Crippen LogP contribution in [0.4, 0.5) is 4.39 Å². The van der Waals surface area contributed by atoms with Crippen molar-refractivity contribution in [3.63, 3.8) is 0 Å². The standard InChI is InChI=1S/C14H12ClFN2S/c1-9(10-4-5-19-8-10)18-13-6-11(16)2-3-12(13)17-14(18)7-15/h2-6,8-9H,7H2,1H3. The van der Waals surface area contributed by atoms with Crippen LogP contribution in [0, 0.1) is 5.82 Å². The summed E-state index contributed by atoms with van der Waals surface area (Å²) in [6, 6.07) is 6.79. The van der Waals surface area contributed by atoms with Crippen molar-refractivity contribution in [2.45, 2.75) is 18.8 Å². The van der Waals surface area contributed by atoms with E-state index in [9.17, 15) is 4.39 Å². The first kappa shape index (κ1) is 12.6. The molecule has 2 aromatic heterocycles. The fourth-order valence-corrected chi connectivity index (χ4v) is 3.24. The number of benzene rings is 1. The van der Waals surface area contributed by atoms with Crippen molar-refractivity contribution in [2.75, 3.05) is 0 Å².